The second kappa shape index (κ2) is 5.26. The summed E-state index contributed by atoms with van der Waals surface area (Å²) in [5.74, 6) is 0.713. The maximum absolute atomic E-state index is 3.82. The van der Waals surface area contributed by atoms with Crippen LogP contribution in [0.5, 0.6) is 0 Å². The molecule has 1 rings (SSSR count). The van der Waals surface area contributed by atoms with Crippen LogP contribution in [0.1, 0.15) is 25.0 Å². The molecule has 0 spiro atoms. The number of rotatable bonds is 4. The van der Waals surface area contributed by atoms with Gasteiger partial charge in [0, 0.05) is 4.90 Å². The maximum atomic E-state index is 3.82. The van der Waals surface area contributed by atoms with E-state index >= 15 is 0 Å². The highest BCUT2D eigenvalue weighted by molar-refractivity contribution is 7.98. The van der Waals surface area contributed by atoms with Crippen LogP contribution < -0.4 is 0 Å². The van der Waals surface area contributed by atoms with Gasteiger partial charge in [-0.15, -0.1) is 11.8 Å². The highest BCUT2D eigenvalue weighted by Crippen LogP contribution is 2.21. The lowest BCUT2D eigenvalue weighted by Crippen LogP contribution is -1.94. The van der Waals surface area contributed by atoms with Gasteiger partial charge in [0.15, 0.2) is 0 Å². The predicted octanol–water partition coefficient (Wildman–Crippen LogP) is 4.25. The molecule has 14 heavy (non-hydrogen) atoms. The van der Waals surface area contributed by atoms with Gasteiger partial charge in [0.2, 0.25) is 0 Å². The van der Waals surface area contributed by atoms with Crippen LogP contribution in [-0.4, -0.2) is 6.26 Å². The molecular formula is C13H18S. The van der Waals surface area contributed by atoms with E-state index in [1.54, 1.807) is 11.8 Å². The number of hydrogen-bond acceptors (Lipinski definition) is 1. The lowest BCUT2D eigenvalue weighted by Gasteiger charge is -2.08. The Morgan fingerprint density at radius 1 is 1.36 bits per heavy atom. The van der Waals surface area contributed by atoms with Crippen molar-refractivity contribution in [2.45, 2.75) is 25.2 Å². The van der Waals surface area contributed by atoms with Crippen molar-refractivity contribution >= 4 is 17.8 Å². The van der Waals surface area contributed by atoms with E-state index in [1.807, 2.05) is 6.08 Å². The monoisotopic (exact) mass is 206 g/mol. The van der Waals surface area contributed by atoms with Crippen molar-refractivity contribution in [3.05, 3.63) is 35.9 Å². The van der Waals surface area contributed by atoms with Gasteiger partial charge in [-0.1, -0.05) is 32.6 Å². The minimum atomic E-state index is 0.713. The summed E-state index contributed by atoms with van der Waals surface area (Å²) in [7, 11) is 0. The molecule has 76 valence electrons. The summed E-state index contributed by atoms with van der Waals surface area (Å²) in [5.41, 5.74) is 2.65. The Morgan fingerprint density at radius 2 is 2.07 bits per heavy atom. The van der Waals surface area contributed by atoms with Gasteiger partial charge < -0.3 is 0 Å². The Labute approximate surface area is 91.4 Å². The zero-order valence-electron chi connectivity index (χ0n) is 9.21. The van der Waals surface area contributed by atoms with E-state index in [9.17, 15) is 0 Å². The van der Waals surface area contributed by atoms with Gasteiger partial charge in [-0.05, 0) is 41.9 Å². The molecule has 0 N–H and O–H groups in total. The van der Waals surface area contributed by atoms with Crippen LogP contribution >= 0.6 is 11.8 Å². The molecule has 0 radical (unpaired) electrons. The van der Waals surface area contributed by atoms with Crippen molar-refractivity contribution in [3.8, 4) is 0 Å². The average molecular weight is 206 g/mol. The van der Waals surface area contributed by atoms with Crippen LogP contribution in [0.25, 0.3) is 6.08 Å². The first-order valence-electron chi connectivity index (χ1n) is 4.96. The molecule has 0 saturated carbocycles. The Kier molecular flexibility index (Phi) is 4.27. The fourth-order valence-corrected chi connectivity index (χ4v) is 2.03. The van der Waals surface area contributed by atoms with Crippen LogP contribution in [0.2, 0.25) is 0 Å². The van der Waals surface area contributed by atoms with Gasteiger partial charge in [-0.25, -0.2) is 0 Å². The lowest BCUT2D eigenvalue weighted by atomic mass is 10.0. The van der Waals surface area contributed by atoms with E-state index in [-0.39, 0.29) is 0 Å². The van der Waals surface area contributed by atoms with Gasteiger partial charge in [0.1, 0.15) is 0 Å². The van der Waals surface area contributed by atoms with Crippen molar-refractivity contribution in [1.82, 2.24) is 0 Å². The molecule has 1 aromatic carbocycles. The molecular weight excluding hydrogens is 188 g/mol. The van der Waals surface area contributed by atoms with Crippen molar-refractivity contribution in [1.29, 1.82) is 0 Å². The smallest absolute Gasteiger partial charge is 0.00778 e. The fraction of sp³-hybridized carbons (Fsp3) is 0.385. The molecule has 0 unspecified atom stereocenters. The third kappa shape index (κ3) is 3.22. The number of thioether (sulfide) groups is 1. The molecule has 1 heteroatoms. The fourth-order valence-electron chi connectivity index (χ4n) is 1.51. The van der Waals surface area contributed by atoms with Crippen molar-refractivity contribution in [2.75, 3.05) is 6.26 Å². The van der Waals surface area contributed by atoms with E-state index in [2.05, 4.69) is 44.9 Å². The van der Waals surface area contributed by atoms with E-state index < -0.39 is 0 Å². The summed E-state index contributed by atoms with van der Waals surface area (Å²) in [6, 6.07) is 6.69. The molecule has 0 aromatic heterocycles. The molecule has 0 bridgehead atoms. The summed E-state index contributed by atoms with van der Waals surface area (Å²) in [5, 5.41) is 0. The Bertz CT molecular complexity index is 313. The van der Waals surface area contributed by atoms with Crippen molar-refractivity contribution in [3.63, 3.8) is 0 Å². The summed E-state index contributed by atoms with van der Waals surface area (Å²) in [6.07, 6.45) is 5.18. The Balaban J connectivity index is 2.98. The lowest BCUT2D eigenvalue weighted by molar-refractivity contribution is 0.646. The van der Waals surface area contributed by atoms with Gasteiger partial charge in [-0.2, -0.15) is 0 Å². The zero-order valence-corrected chi connectivity index (χ0v) is 10.0. The topological polar surface area (TPSA) is 0 Å². The van der Waals surface area contributed by atoms with E-state index in [0.717, 1.165) is 6.42 Å². The highest BCUT2D eigenvalue weighted by atomic mass is 32.2. The first-order valence-corrected chi connectivity index (χ1v) is 6.18. The maximum Gasteiger partial charge on any atom is 0.00778 e. The summed E-state index contributed by atoms with van der Waals surface area (Å²) in [6.45, 7) is 8.32. The number of benzene rings is 1. The first-order chi connectivity index (χ1) is 6.65. The third-order valence-electron chi connectivity index (χ3n) is 2.10. The molecule has 0 fully saturated rings. The minimum Gasteiger partial charge on any atom is -0.130 e. The molecule has 0 atom stereocenters. The van der Waals surface area contributed by atoms with Gasteiger partial charge in [0.25, 0.3) is 0 Å². The minimum absolute atomic E-state index is 0.713. The van der Waals surface area contributed by atoms with Gasteiger partial charge in [0.05, 0.1) is 0 Å². The zero-order chi connectivity index (χ0) is 10.6. The highest BCUT2D eigenvalue weighted by Gasteiger charge is 2.01. The van der Waals surface area contributed by atoms with Crippen LogP contribution in [-0.2, 0) is 6.42 Å². The van der Waals surface area contributed by atoms with Crippen LogP contribution in [0.15, 0.2) is 29.7 Å². The van der Waals surface area contributed by atoms with E-state index in [4.69, 9.17) is 0 Å². The van der Waals surface area contributed by atoms with Gasteiger partial charge in [-0.3, -0.25) is 0 Å². The SMILES string of the molecule is C=Cc1cc(CC(C)C)cc(SC)c1. The van der Waals surface area contributed by atoms with Crippen molar-refractivity contribution < 1.29 is 0 Å². The Morgan fingerprint density at radius 3 is 2.57 bits per heavy atom. The standard InChI is InChI=1S/C13H18S/c1-5-11-7-12(6-10(2)3)9-13(8-11)14-4/h5,7-10H,1,6H2,2-4H3. The quantitative estimate of drug-likeness (QED) is 0.664. The Hall–Kier alpha value is -0.690. The van der Waals surface area contributed by atoms with Crippen LogP contribution in [0, 0.1) is 5.92 Å². The molecule has 0 heterocycles. The molecule has 0 amide bonds. The molecule has 0 aliphatic carbocycles. The molecule has 0 nitrogen and oxygen atoms in total. The second-order valence-corrected chi connectivity index (χ2v) is 4.80. The second-order valence-electron chi connectivity index (χ2n) is 3.92. The summed E-state index contributed by atoms with van der Waals surface area (Å²) in [4.78, 5) is 1.33. The predicted molar refractivity (Wildman–Crippen MR) is 66.9 cm³/mol. The van der Waals surface area contributed by atoms with Gasteiger partial charge >= 0.3 is 0 Å². The summed E-state index contributed by atoms with van der Waals surface area (Å²) >= 11 is 1.79. The number of hydrogen-bond donors (Lipinski definition) is 0. The van der Waals surface area contributed by atoms with E-state index in [1.165, 1.54) is 16.0 Å². The van der Waals surface area contributed by atoms with Crippen molar-refractivity contribution in [2.24, 2.45) is 5.92 Å². The summed E-state index contributed by atoms with van der Waals surface area (Å²) < 4.78 is 0. The third-order valence-corrected chi connectivity index (χ3v) is 2.81. The average Bonchev–Trinajstić information content (AvgIpc) is 2.16. The van der Waals surface area contributed by atoms with E-state index in [0.29, 0.717) is 5.92 Å². The first kappa shape index (κ1) is 11.4. The molecule has 1 aromatic rings. The molecule has 0 aliphatic heterocycles. The largest absolute Gasteiger partial charge is 0.130 e. The van der Waals surface area contributed by atoms with Crippen LogP contribution in [0.3, 0.4) is 0 Å². The normalized spacial score (nSPS) is 10.6. The molecule has 0 saturated heterocycles. The molecule has 0 aliphatic rings. The van der Waals surface area contributed by atoms with Crippen LogP contribution in [0.4, 0.5) is 0 Å².